The molecule has 0 saturated carbocycles. The molecule has 4 heteroatoms. The zero-order valence-electron chi connectivity index (χ0n) is 17.2. The van der Waals surface area contributed by atoms with Gasteiger partial charge in [-0.25, -0.2) is 4.98 Å². The summed E-state index contributed by atoms with van der Waals surface area (Å²) in [4.78, 5) is 4.57. The predicted molar refractivity (Wildman–Crippen MR) is 122 cm³/mol. The second kappa shape index (κ2) is 7.92. The molecule has 4 nitrogen and oxygen atoms in total. The number of rotatable bonds is 6. The van der Waals surface area contributed by atoms with Crippen molar-refractivity contribution in [2.24, 2.45) is 7.05 Å². The molecule has 0 bridgehead atoms. The van der Waals surface area contributed by atoms with E-state index in [1.807, 2.05) is 30.3 Å². The lowest BCUT2D eigenvalue weighted by Crippen LogP contribution is -2.01. The van der Waals surface area contributed by atoms with Crippen molar-refractivity contribution >= 4 is 22.3 Å². The van der Waals surface area contributed by atoms with Crippen molar-refractivity contribution in [2.75, 3.05) is 5.32 Å². The molecule has 0 atom stereocenters. The molecule has 0 aliphatic carbocycles. The molecular weight excluding hydrogens is 356 g/mol. The van der Waals surface area contributed by atoms with Crippen LogP contribution in [0.5, 0.6) is 0 Å². The first-order valence-electron chi connectivity index (χ1n) is 10.0. The number of hydrogen-bond acceptors (Lipinski definition) is 3. The second-order valence-electron chi connectivity index (χ2n) is 7.33. The quantitative estimate of drug-likeness (QED) is 0.455. The fourth-order valence-corrected chi connectivity index (χ4v) is 3.67. The van der Waals surface area contributed by atoms with E-state index in [1.165, 1.54) is 11.1 Å². The third-order valence-electron chi connectivity index (χ3n) is 5.36. The second-order valence-corrected chi connectivity index (χ2v) is 7.33. The lowest BCUT2D eigenvalue weighted by Gasteiger charge is -2.13. The Morgan fingerprint density at radius 3 is 2.48 bits per heavy atom. The summed E-state index contributed by atoms with van der Waals surface area (Å²) >= 11 is 0. The molecule has 0 radical (unpaired) electrons. The molecule has 0 aliphatic heterocycles. The lowest BCUT2D eigenvalue weighted by molar-refractivity contribution is 0.768. The maximum absolute atomic E-state index is 4.57. The van der Waals surface area contributed by atoms with Crippen molar-refractivity contribution < 1.29 is 0 Å². The van der Waals surface area contributed by atoms with Crippen LogP contribution in [0.4, 0.5) is 5.82 Å². The minimum atomic E-state index is 0.795. The van der Waals surface area contributed by atoms with Crippen LogP contribution >= 0.6 is 0 Å². The van der Waals surface area contributed by atoms with Gasteiger partial charge in [0.1, 0.15) is 5.82 Å². The summed E-state index contributed by atoms with van der Waals surface area (Å²) in [5.74, 6) is 0.795. The van der Waals surface area contributed by atoms with Crippen LogP contribution in [-0.4, -0.2) is 14.8 Å². The number of aromatic nitrogens is 3. The molecular formula is C25H26N4. The van der Waals surface area contributed by atoms with Gasteiger partial charge in [0.2, 0.25) is 0 Å². The van der Waals surface area contributed by atoms with Crippen molar-refractivity contribution in [3.05, 3.63) is 84.3 Å². The maximum Gasteiger partial charge on any atom is 0.130 e. The van der Waals surface area contributed by atoms with E-state index in [0.717, 1.165) is 51.8 Å². The monoisotopic (exact) mass is 382 g/mol. The van der Waals surface area contributed by atoms with Gasteiger partial charge in [-0.3, -0.25) is 4.68 Å². The molecule has 29 heavy (non-hydrogen) atoms. The first-order valence-corrected chi connectivity index (χ1v) is 10.0. The SMILES string of the molecule is C=C(Nc1cc2cc(-c3cnn(C)c3)ccc2cn1)c1ccc(CC)c(CC)c1. The van der Waals surface area contributed by atoms with Crippen LogP contribution in [0.3, 0.4) is 0 Å². The Hall–Kier alpha value is -3.40. The van der Waals surface area contributed by atoms with Gasteiger partial charge in [0, 0.05) is 36.1 Å². The van der Waals surface area contributed by atoms with Gasteiger partial charge >= 0.3 is 0 Å². The summed E-state index contributed by atoms with van der Waals surface area (Å²) in [5, 5.41) is 9.89. The first-order chi connectivity index (χ1) is 14.1. The molecule has 0 aliphatic rings. The van der Waals surface area contributed by atoms with Crippen LogP contribution in [0, 0.1) is 0 Å². The minimum absolute atomic E-state index is 0.795. The highest BCUT2D eigenvalue weighted by Crippen LogP contribution is 2.26. The molecule has 4 aromatic rings. The fourth-order valence-electron chi connectivity index (χ4n) is 3.67. The van der Waals surface area contributed by atoms with Gasteiger partial charge < -0.3 is 5.32 Å². The van der Waals surface area contributed by atoms with E-state index in [1.54, 1.807) is 0 Å². The Morgan fingerprint density at radius 1 is 0.931 bits per heavy atom. The Bertz CT molecular complexity index is 1190. The minimum Gasteiger partial charge on any atom is -0.340 e. The Labute approximate surface area is 171 Å². The Morgan fingerprint density at radius 2 is 1.76 bits per heavy atom. The number of pyridine rings is 1. The molecule has 0 saturated heterocycles. The third kappa shape index (κ3) is 3.92. The number of aryl methyl sites for hydroxylation is 3. The van der Waals surface area contributed by atoms with Gasteiger partial charge in [0.15, 0.2) is 0 Å². The van der Waals surface area contributed by atoms with E-state index in [9.17, 15) is 0 Å². The van der Waals surface area contributed by atoms with Gasteiger partial charge in [-0.15, -0.1) is 0 Å². The topological polar surface area (TPSA) is 42.7 Å². The summed E-state index contributed by atoms with van der Waals surface area (Å²) in [6.07, 6.45) is 7.88. The summed E-state index contributed by atoms with van der Waals surface area (Å²) in [7, 11) is 1.93. The van der Waals surface area contributed by atoms with Gasteiger partial charge in [-0.1, -0.05) is 44.7 Å². The van der Waals surface area contributed by atoms with E-state index in [2.05, 4.69) is 78.3 Å². The van der Waals surface area contributed by atoms with Crippen molar-refractivity contribution in [3.63, 3.8) is 0 Å². The highest BCUT2D eigenvalue weighted by atomic mass is 15.2. The van der Waals surface area contributed by atoms with E-state index < -0.39 is 0 Å². The van der Waals surface area contributed by atoms with E-state index in [-0.39, 0.29) is 0 Å². The molecule has 0 amide bonds. The zero-order chi connectivity index (χ0) is 20.4. The maximum atomic E-state index is 4.57. The van der Waals surface area contributed by atoms with E-state index >= 15 is 0 Å². The van der Waals surface area contributed by atoms with Crippen LogP contribution in [0.1, 0.15) is 30.5 Å². The highest BCUT2D eigenvalue weighted by Gasteiger charge is 2.07. The molecule has 0 fully saturated rings. The number of nitrogens with one attached hydrogen (secondary N) is 1. The zero-order valence-corrected chi connectivity index (χ0v) is 17.2. The van der Waals surface area contributed by atoms with Crippen LogP contribution in [0.25, 0.3) is 27.6 Å². The third-order valence-corrected chi connectivity index (χ3v) is 5.36. The standard InChI is InChI=1S/C25H26N4/c1-5-18-7-8-20(11-19(18)6-2)17(3)28-25-13-23-12-21(9-10-22(23)14-26-25)24-15-27-29(4)16-24/h7-16H,3,5-6H2,1-2,4H3,(H,26,28). The molecule has 2 aromatic heterocycles. The van der Waals surface area contributed by atoms with Crippen molar-refractivity contribution in [1.82, 2.24) is 14.8 Å². The lowest BCUT2D eigenvalue weighted by atomic mass is 9.99. The van der Waals surface area contributed by atoms with Gasteiger partial charge in [0.25, 0.3) is 0 Å². The molecule has 146 valence electrons. The molecule has 4 rings (SSSR count). The predicted octanol–water partition coefficient (Wildman–Crippen LogP) is 5.84. The first kappa shape index (κ1) is 18.9. The van der Waals surface area contributed by atoms with Gasteiger partial charge in [-0.05, 0) is 58.7 Å². The van der Waals surface area contributed by atoms with Crippen molar-refractivity contribution in [2.45, 2.75) is 26.7 Å². The fraction of sp³-hybridized carbons (Fsp3) is 0.200. The average molecular weight is 383 g/mol. The van der Waals surface area contributed by atoms with Gasteiger partial charge in [-0.2, -0.15) is 5.10 Å². The summed E-state index contributed by atoms with van der Waals surface area (Å²) < 4.78 is 1.82. The summed E-state index contributed by atoms with van der Waals surface area (Å²) in [6.45, 7) is 8.63. The Balaban J connectivity index is 1.61. The largest absolute Gasteiger partial charge is 0.340 e. The van der Waals surface area contributed by atoms with Crippen LogP contribution in [-0.2, 0) is 19.9 Å². The molecule has 1 N–H and O–H groups in total. The number of benzene rings is 2. The van der Waals surface area contributed by atoms with E-state index in [4.69, 9.17) is 0 Å². The average Bonchev–Trinajstić information content (AvgIpc) is 3.19. The molecule has 0 unspecified atom stereocenters. The Kier molecular flexibility index (Phi) is 5.17. The van der Waals surface area contributed by atoms with Crippen LogP contribution in [0.2, 0.25) is 0 Å². The van der Waals surface area contributed by atoms with Gasteiger partial charge in [0.05, 0.1) is 6.20 Å². The smallest absolute Gasteiger partial charge is 0.130 e. The van der Waals surface area contributed by atoms with Crippen LogP contribution in [0.15, 0.2) is 67.6 Å². The summed E-state index contributed by atoms with van der Waals surface area (Å²) in [6, 6.07) is 15.0. The van der Waals surface area contributed by atoms with Crippen molar-refractivity contribution in [1.29, 1.82) is 0 Å². The number of fused-ring (bicyclic) bond motifs is 1. The van der Waals surface area contributed by atoms with Crippen LogP contribution < -0.4 is 5.32 Å². The molecule has 2 aromatic carbocycles. The van der Waals surface area contributed by atoms with E-state index in [0.29, 0.717) is 0 Å². The number of nitrogens with zero attached hydrogens (tertiary/aromatic N) is 3. The summed E-state index contributed by atoms with van der Waals surface area (Å²) in [5.41, 5.74) is 6.98. The normalized spacial score (nSPS) is 11.0. The highest BCUT2D eigenvalue weighted by molar-refractivity contribution is 5.89. The van der Waals surface area contributed by atoms with Crippen molar-refractivity contribution in [3.8, 4) is 11.1 Å². The number of hydrogen-bond donors (Lipinski definition) is 1. The number of anilines is 1. The molecule has 0 spiro atoms. The molecule has 2 heterocycles.